The van der Waals surface area contributed by atoms with Gasteiger partial charge in [0.2, 0.25) is 10.0 Å². The molecule has 1 aliphatic carbocycles. The third-order valence-electron chi connectivity index (χ3n) is 3.92. The number of nitrogens with zero attached hydrogens (tertiary/aromatic N) is 2. The van der Waals surface area contributed by atoms with Crippen LogP contribution < -0.4 is 0 Å². The highest BCUT2D eigenvalue weighted by Crippen LogP contribution is 2.38. The van der Waals surface area contributed by atoms with Crippen LogP contribution in [0, 0.1) is 0 Å². The molecule has 0 bridgehead atoms. The fraction of sp³-hybridized carbons (Fsp3) is 0.267. The molecule has 21 heavy (non-hydrogen) atoms. The Balaban J connectivity index is 2.00. The first-order chi connectivity index (χ1) is 10.0. The van der Waals surface area contributed by atoms with Crippen molar-refractivity contribution < 1.29 is 8.42 Å². The molecule has 0 saturated heterocycles. The van der Waals surface area contributed by atoms with Crippen LogP contribution in [0.3, 0.4) is 0 Å². The van der Waals surface area contributed by atoms with Crippen molar-refractivity contribution >= 4 is 21.6 Å². The standard InChI is InChI=1S/C15H15ClN2O2S/c1-18(13-9-8-11-5-2-3-6-12(11)13)21(19,20)14-7-4-10-17-15(14)16/h2-7,10,13H,8-9H2,1H3. The molecule has 1 aromatic carbocycles. The second-order valence-electron chi connectivity index (χ2n) is 5.07. The smallest absolute Gasteiger partial charge is 0.243 e. The Bertz CT molecular complexity index is 777. The molecule has 1 atom stereocenters. The summed E-state index contributed by atoms with van der Waals surface area (Å²) < 4.78 is 26.9. The average molecular weight is 323 g/mol. The van der Waals surface area contributed by atoms with Gasteiger partial charge in [0.15, 0.2) is 0 Å². The third-order valence-corrected chi connectivity index (χ3v) is 6.23. The molecule has 2 aromatic rings. The topological polar surface area (TPSA) is 50.3 Å². The highest BCUT2D eigenvalue weighted by molar-refractivity contribution is 7.89. The van der Waals surface area contributed by atoms with Gasteiger partial charge in [-0.05, 0) is 36.1 Å². The number of benzene rings is 1. The number of fused-ring (bicyclic) bond motifs is 1. The SMILES string of the molecule is CN(C1CCc2ccccc21)S(=O)(=O)c1cccnc1Cl. The largest absolute Gasteiger partial charge is 0.246 e. The molecule has 0 spiro atoms. The van der Waals surface area contributed by atoms with Crippen molar-refractivity contribution in [2.75, 3.05) is 7.05 Å². The Morgan fingerprint density at radius 1 is 1.24 bits per heavy atom. The Morgan fingerprint density at radius 3 is 2.76 bits per heavy atom. The summed E-state index contributed by atoms with van der Waals surface area (Å²) in [6, 6.07) is 10.9. The monoisotopic (exact) mass is 322 g/mol. The van der Waals surface area contributed by atoms with Gasteiger partial charge in [-0.1, -0.05) is 35.9 Å². The van der Waals surface area contributed by atoms with Crippen LogP contribution >= 0.6 is 11.6 Å². The van der Waals surface area contributed by atoms with Gasteiger partial charge in [0.1, 0.15) is 10.0 Å². The zero-order valence-corrected chi connectivity index (χ0v) is 13.1. The van der Waals surface area contributed by atoms with Crippen LogP contribution in [0.5, 0.6) is 0 Å². The van der Waals surface area contributed by atoms with Crippen LogP contribution in [0.1, 0.15) is 23.6 Å². The second-order valence-corrected chi connectivity index (χ2v) is 7.39. The van der Waals surface area contributed by atoms with Crippen molar-refractivity contribution in [1.29, 1.82) is 0 Å². The van der Waals surface area contributed by atoms with Gasteiger partial charge in [0.25, 0.3) is 0 Å². The van der Waals surface area contributed by atoms with E-state index < -0.39 is 10.0 Å². The van der Waals surface area contributed by atoms with Gasteiger partial charge < -0.3 is 0 Å². The number of sulfonamides is 1. The Labute approximate surface area is 129 Å². The lowest BCUT2D eigenvalue weighted by Gasteiger charge is -2.25. The van der Waals surface area contributed by atoms with Crippen LogP contribution in [0.25, 0.3) is 0 Å². The maximum absolute atomic E-state index is 12.8. The molecule has 1 unspecified atom stereocenters. The van der Waals surface area contributed by atoms with Crippen molar-refractivity contribution in [3.05, 3.63) is 58.9 Å². The van der Waals surface area contributed by atoms with Crippen LogP contribution in [0.15, 0.2) is 47.5 Å². The molecule has 1 heterocycles. The summed E-state index contributed by atoms with van der Waals surface area (Å²) in [5, 5.41) is 0.00984. The van der Waals surface area contributed by atoms with Crippen LogP contribution in [-0.2, 0) is 16.4 Å². The molecule has 6 heteroatoms. The Kier molecular flexibility index (Phi) is 3.73. The van der Waals surface area contributed by atoms with Crippen molar-refractivity contribution in [1.82, 2.24) is 9.29 Å². The zero-order chi connectivity index (χ0) is 15.0. The number of aromatic nitrogens is 1. The molecule has 0 N–H and O–H groups in total. The van der Waals surface area contributed by atoms with E-state index in [1.807, 2.05) is 24.3 Å². The summed E-state index contributed by atoms with van der Waals surface area (Å²) in [6.07, 6.45) is 3.15. The first-order valence-electron chi connectivity index (χ1n) is 6.68. The van der Waals surface area contributed by atoms with E-state index >= 15 is 0 Å². The highest BCUT2D eigenvalue weighted by Gasteiger charge is 2.34. The Hall–Kier alpha value is -1.43. The molecule has 1 aromatic heterocycles. The number of pyridine rings is 1. The molecule has 110 valence electrons. The second kappa shape index (κ2) is 5.40. The fourth-order valence-electron chi connectivity index (χ4n) is 2.80. The van der Waals surface area contributed by atoms with E-state index in [0.717, 1.165) is 18.4 Å². The lowest BCUT2D eigenvalue weighted by atomic mass is 10.1. The maximum atomic E-state index is 12.8. The van der Waals surface area contributed by atoms with E-state index in [1.165, 1.54) is 22.1 Å². The van der Waals surface area contributed by atoms with Crippen molar-refractivity contribution in [2.24, 2.45) is 0 Å². The van der Waals surface area contributed by atoms with Gasteiger partial charge in [-0.25, -0.2) is 13.4 Å². The summed E-state index contributed by atoms with van der Waals surface area (Å²) in [6.45, 7) is 0. The molecule has 0 saturated carbocycles. The van der Waals surface area contributed by atoms with E-state index in [4.69, 9.17) is 11.6 Å². The number of halogens is 1. The summed E-state index contributed by atoms with van der Waals surface area (Å²) in [4.78, 5) is 3.91. The van der Waals surface area contributed by atoms with Crippen LogP contribution in [0.2, 0.25) is 5.15 Å². The number of hydrogen-bond acceptors (Lipinski definition) is 3. The molecule has 0 aliphatic heterocycles. The van der Waals surface area contributed by atoms with Crippen molar-refractivity contribution in [3.63, 3.8) is 0 Å². The quantitative estimate of drug-likeness (QED) is 0.816. The number of rotatable bonds is 3. The minimum absolute atomic E-state index is 0.00984. The average Bonchev–Trinajstić information content (AvgIpc) is 2.90. The third kappa shape index (κ3) is 2.46. The molecule has 3 rings (SSSR count). The molecule has 0 radical (unpaired) electrons. The van der Waals surface area contributed by atoms with Gasteiger partial charge in [0.05, 0.1) is 6.04 Å². The zero-order valence-electron chi connectivity index (χ0n) is 11.5. The van der Waals surface area contributed by atoms with E-state index in [-0.39, 0.29) is 16.1 Å². The lowest BCUT2D eigenvalue weighted by molar-refractivity contribution is 0.374. The van der Waals surface area contributed by atoms with Gasteiger partial charge >= 0.3 is 0 Å². The first kappa shape index (κ1) is 14.5. The van der Waals surface area contributed by atoms with Crippen molar-refractivity contribution in [2.45, 2.75) is 23.8 Å². The summed E-state index contributed by atoms with van der Waals surface area (Å²) in [5.74, 6) is 0. The van der Waals surface area contributed by atoms with Crippen molar-refractivity contribution in [3.8, 4) is 0 Å². The van der Waals surface area contributed by atoms with Gasteiger partial charge in [-0.15, -0.1) is 0 Å². The summed E-state index contributed by atoms with van der Waals surface area (Å²) in [7, 11) is -2.05. The molecule has 0 amide bonds. The predicted molar refractivity (Wildman–Crippen MR) is 81.7 cm³/mol. The van der Waals surface area contributed by atoms with E-state index in [0.29, 0.717) is 0 Å². The normalized spacial score (nSPS) is 18.0. The molecule has 1 aliphatic rings. The Morgan fingerprint density at radius 2 is 2.00 bits per heavy atom. The fourth-order valence-corrected chi connectivity index (χ4v) is 4.59. The predicted octanol–water partition coefficient (Wildman–Crippen LogP) is 3.04. The first-order valence-corrected chi connectivity index (χ1v) is 8.50. The molecular weight excluding hydrogens is 308 g/mol. The maximum Gasteiger partial charge on any atom is 0.246 e. The summed E-state index contributed by atoms with van der Waals surface area (Å²) in [5.41, 5.74) is 2.28. The van der Waals surface area contributed by atoms with E-state index in [9.17, 15) is 8.42 Å². The van der Waals surface area contributed by atoms with Crippen LogP contribution in [-0.4, -0.2) is 24.8 Å². The van der Waals surface area contributed by atoms with Crippen LogP contribution in [0.4, 0.5) is 0 Å². The van der Waals surface area contributed by atoms with E-state index in [2.05, 4.69) is 4.98 Å². The molecular formula is C15H15ClN2O2S. The minimum Gasteiger partial charge on any atom is -0.243 e. The number of aryl methyl sites for hydroxylation is 1. The van der Waals surface area contributed by atoms with Gasteiger partial charge in [-0.3, -0.25) is 0 Å². The lowest BCUT2D eigenvalue weighted by Crippen LogP contribution is -2.30. The number of hydrogen-bond donors (Lipinski definition) is 0. The van der Waals surface area contributed by atoms with E-state index in [1.54, 1.807) is 13.1 Å². The molecule has 4 nitrogen and oxygen atoms in total. The van der Waals surface area contributed by atoms with Gasteiger partial charge in [0, 0.05) is 13.2 Å². The molecule has 0 fully saturated rings. The van der Waals surface area contributed by atoms with Gasteiger partial charge in [-0.2, -0.15) is 4.31 Å². The minimum atomic E-state index is -3.66. The summed E-state index contributed by atoms with van der Waals surface area (Å²) >= 11 is 5.94. The highest BCUT2D eigenvalue weighted by atomic mass is 35.5.